The molecule has 0 aromatic heterocycles. The molecular weight excluding hydrogens is 256 g/mol. The second-order valence-corrected chi connectivity index (χ2v) is 6.33. The monoisotopic (exact) mass is 286 g/mol. The topological polar surface area (TPSA) is 65.7 Å². The Labute approximate surface area is 122 Å². The number of nitrogens with two attached hydrogens (primary N) is 1. The molecule has 3 N–H and O–H groups in total. The van der Waals surface area contributed by atoms with Gasteiger partial charge in [-0.05, 0) is 39.0 Å². The van der Waals surface area contributed by atoms with E-state index < -0.39 is 0 Å². The molecule has 0 aliphatic carbocycles. The van der Waals surface area contributed by atoms with Crippen LogP contribution < -0.4 is 11.3 Å². The molecule has 1 spiro atoms. The van der Waals surface area contributed by atoms with Crippen molar-refractivity contribution in [2.24, 2.45) is 11.8 Å². The molecule has 0 radical (unpaired) electrons. The van der Waals surface area contributed by atoms with E-state index in [9.17, 15) is 0 Å². The Morgan fingerprint density at radius 2 is 2.25 bits per heavy atom. The molecule has 5 nitrogen and oxygen atoms in total. The van der Waals surface area contributed by atoms with Crippen molar-refractivity contribution < 1.29 is 14.2 Å². The summed E-state index contributed by atoms with van der Waals surface area (Å²) in [6.07, 6.45) is 3.97. The molecule has 2 rings (SSSR count). The summed E-state index contributed by atoms with van der Waals surface area (Å²) in [4.78, 5) is 0. The lowest BCUT2D eigenvalue weighted by atomic mass is 9.75. The van der Waals surface area contributed by atoms with Crippen LogP contribution in [0.4, 0.5) is 0 Å². The van der Waals surface area contributed by atoms with Gasteiger partial charge in [0.05, 0.1) is 23.9 Å². The zero-order chi connectivity index (χ0) is 14.6. The van der Waals surface area contributed by atoms with Crippen molar-refractivity contribution in [2.75, 3.05) is 26.4 Å². The summed E-state index contributed by atoms with van der Waals surface area (Å²) in [6.45, 7) is 9.39. The van der Waals surface area contributed by atoms with E-state index in [1.54, 1.807) is 0 Å². The lowest BCUT2D eigenvalue weighted by molar-refractivity contribution is -0.130. The number of rotatable bonds is 6. The number of hydrogen-bond donors (Lipinski definition) is 2. The molecule has 2 fully saturated rings. The van der Waals surface area contributed by atoms with Crippen LogP contribution in [-0.4, -0.2) is 43.7 Å². The quantitative estimate of drug-likeness (QED) is 0.573. The van der Waals surface area contributed by atoms with E-state index in [-0.39, 0.29) is 17.2 Å². The second kappa shape index (κ2) is 6.71. The minimum absolute atomic E-state index is 0.0844. The van der Waals surface area contributed by atoms with Crippen LogP contribution in [-0.2, 0) is 14.2 Å². The molecule has 118 valence electrons. The van der Waals surface area contributed by atoms with Crippen molar-refractivity contribution in [3.8, 4) is 0 Å². The second-order valence-electron chi connectivity index (χ2n) is 6.33. The van der Waals surface area contributed by atoms with Gasteiger partial charge in [-0.1, -0.05) is 6.92 Å². The van der Waals surface area contributed by atoms with Crippen LogP contribution >= 0.6 is 0 Å². The number of hydrazine groups is 1. The fourth-order valence-corrected chi connectivity index (χ4v) is 3.77. The highest BCUT2D eigenvalue weighted by atomic mass is 16.6. The van der Waals surface area contributed by atoms with Gasteiger partial charge in [0.2, 0.25) is 0 Å². The lowest BCUT2D eigenvalue weighted by Gasteiger charge is -2.46. The van der Waals surface area contributed by atoms with E-state index in [2.05, 4.69) is 19.3 Å². The highest BCUT2D eigenvalue weighted by Gasteiger charge is 2.47. The average molecular weight is 286 g/mol. The average Bonchev–Trinajstić information content (AvgIpc) is 2.88. The van der Waals surface area contributed by atoms with Crippen LogP contribution in [0.5, 0.6) is 0 Å². The Balaban J connectivity index is 2.10. The Bertz CT molecular complexity index is 307. The van der Waals surface area contributed by atoms with Gasteiger partial charge in [0.15, 0.2) is 0 Å². The van der Waals surface area contributed by atoms with Gasteiger partial charge in [-0.2, -0.15) is 0 Å². The summed E-state index contributed by atoms with van der Waals surface area (Å²) in [5, 5.41) is 0. The van der Waals surface area contributed by atoms with Crippen LogP contribution in [0.25, 0.3) is 0 Å². The van der Waals surface area contributed by atoms with Gasteiger partial charge < -0.3 is 14.2 Å². The zero-order valence-electron chi connectivity index (χ0n) is 13.1. The van der Waals surface area contributed by atoms with Crippen LogP contribution in [0, 0.1) is 5.92 Å². The Morgan fingerprint density at radius 1 is 1.45 bits per heavy atom. The van der Waals surface area contributed by atoms with E-state index in [1.807, 2.05) is 6.92 Å². The van der Waals surface area contributed by atoms with Crippen molar-refractivity contribution in [1.82, 2.24) is 5.43 Å². The molecule has 0 saturated carbocycles. The predicted molar refractivity (Wildman–Crippen MR) is 78.3 cm³/mol. The highest BCUT2D eigenvalue weighted by Crippen LogP contribution is 2.40. The Hall–Kier alpha value is -0.200. The van der Waals surface area contributed by atoms with Crippen molar-refractivity contribution >= 4 is 0 Å². The van der Waals surface area contributed by atoms with Crippen LogP contribution in [0.2, 0.25) is 0 Å². The molecule has 0 bridgehead atoms. The van der Waals surface area contributed by atoms with E-state index in [0.29, 0.717) is 12.5 Å². The largest absolute Gasteiger partial charge is 0.378 e. The third-order valence-corrected chi connectivity index (χ3v) is 5.08. The van der Waals surface area contributed by atoms with Crippen molar-refractivity contribution in [3.05, 3.63) is 0 Å². The van der Waals surface area contributed by atoms with E-state index in [0.717, 1.165) is 45.5 Å². The summed E-state index contributed by atoms with van der Waals surface area (Å²) < 4.78 is 17.6. The smallest absolute Gasteiger partial charge is 0.0939 e. The SMILES string of the molecule is CCOC(C)(CC)C(NN)C1CCOC2(CCOC2)C1. The maximum Gasteiger partial charge on any atom is 0.0939 e. The fraction of sp³-hybridized carbons (Fsp3) is 1.00. The summed E-state index contributed by atoms with van der Waals surface area (Å²) in [5.74, 6) is 6.35. The molecule has 2 aliphatic rings. The van der Waals surface area contributed by atoms with E-state index in [4.69, 9.17) is 20.1 Å². The highest BCUT2D eigenvalue weighted by molar-refractivity contribution is 4.99. The number of ether oxygens (including phenoxy) is 3. The molecule has 2 saturated heterocycles. The summed E-state index contributed by atoms with van der Waals surface area (Å²) >= 11 is 0. The van der Waals surface area contributed by atoms with Crippen molar-refractivity contribution in [3.63, 3.8) is 0 Å². The van der Waals surface area contributed by atoms with Gasteiger partial charge in [0, 0.05) is 26.2 Å². The summed E-state index contributed by atoms with van der Waals surface area (Å²) in [7, 11) is 0. The number of hydrogen-bond acceptors (Lipinski definition) is 5. The summed E-state index contributed by atoms with van der Waals surface area (Å²) in [5.41, 5.74) is 2.72. The molecular formula is C15H30N2O3. The Morgan fingerprint density at radius 3 is 2.80 bits per heavy atom. The van der Waals surface area contributed by atoms with Crippen LogP contribution in [0.15, 0.2) is 0 Å². The third-order valence-electron chi connectivity index (χ3n) is 5.08. The first-order valence-electron chi connectivity index (χ1n) is 7.91. The maximum absolute atomic E-state index is 6.02. The lowest BCUT2D eigenvalue weighted by Crippen LogP contribution is -2.59. The molecule has 2 heterocycles. The van der Waals surface area contributed by atoms with Gasteiger partial charge >= 0.3 is 0 Å². The minimum atomic E-state index is -0.230. The van der Waals surface area contributed by atoms with Gasteiger partial charge in [0.25, 0.3) is 0 Å². The minimum Gasteiger partial charge on any atom is -0.378 e. The first kappa shape index (κ1) is 16.2. The summed E-state index contributed by atoms with van der Waals surface area (Å²) in [6, 6.07) is 0.147. The molecule has 2 aliphatic heterocycles. The van der Waals surface area contributed by atoms with Gasteiger partial charge in [0.1, 0.15) is 0 Å². The standard InChI is InChI=1S/C15H30N2O3/c1-4-14(3,19-5-2)13(17-16)12-6-8-20-15(10-12)7-9-18-11-15/h12-13,17H,4-11,16H2,1-3H3. The fourth-order valence-electron chi connectivity index (χ4n) is 3.77. The van der Waals surface area contributed by atoms with Gasteiger partial charge in [-0.25, -0.2) is 0 Å². The molecule has 0 aromatic rings. The maximum atomic E-state index is 6.02. The van der Waals surface area contributed by atoms with E-state index >= 15 is 0 Å². The first-order valence-corrected chi connectivity index (χ1v) is 7.91. The van der Waals surface area contributed by atoms with Crippen LogP contribution in [0.1, 0.15) is 46.5 Å². The molecule has 0 amide bonds. The van der Waals surface area contributed by atoms with Gasteiger partial charge in [-0.15, -0.1) is 0 Å². The van der Waals surface area contributed by atoms with E-state index in [1.165, 1.54) is 0 Å². The molecule has 4 unspecified atom stereocenters. The predicted octanol–water partition coefficient (Wildman–Crippen LogP) is 1.61. The zero-order valence-corrected chi connectivity index (χ0v) is 13.1. The normalized spacial score (nSPS) is 35.1. The molecule has 5 heteroatoms. The van der Waals surface area contributed by atoms with Crippen molar-refractivity contribution in [1.29, 1.82) is 0 Å². The van der Waals surface area contributed by atoms with Crippen molar-refractivity contribution in [2.45, 2.75) is 63.7 Å². The third kappa shape index (κ3) is 3.17. The molecule has 0 aromatic carbocycles. The van der Waals surface area contributed by atoms with Crippen LogP contribution in [0.3, 0.4) is 0 Å². The molecule has 20 heavy (non-hydrogen) atoms. The van der Waals surface area contributed by atoms with Gasteiger partial charge in [-0.3, -0.25) is 11.3 Å². The Kier molecular flexibility index (Phi) is 5.42. The molecule has 4 atom stereocenters. The first-order chi connectivity index (χ1) is 9.59. The number of nitrogens with one attached hydrogen (secondary N) is 1.